The van der Waals surface area contributed by atoms with E-state index in [0.29, 0.717) is 0 Å². The van der Waals surface area contributed by atoms with Gasteiger partial charge >= 0.3 is 6.18 Å². The summed E-state index contributed by atoms with van der Waals surface area (Å²) < 4.78 is 40.3. The molecule has 4 rings (SSSR count). The summed E-state index contributed by atoms with van der Waals surface area (Å²) in [6.45, 7) is 0. The molecule has 0 aliphatic rings. The van der Waals surface area contributed by atoms with Crippen LogP contribution in [0, 0.1) is 0 Å². The summed E-state index contributed by atoms with van der Waals surface area (Å²) in [6, 6.07) is 19.4. The highest BCUT2D eigenvalue weighted by Gasteiger charge is 2.30. The van der Waals surface area contributed by atoms with Crippen molar-refractivity contribution in [3.05, 3.63) is 78.5 Å². The van der Waals surface area contributed by atoms with Gasteiger partial charge in [-0.25, -0.2) is 4.57 Å². The minimum atomic E-state index is -4.31. The summed E-state index contributed by atoms with van der Waals surface area (Å²) >= 11 is 0. The Bertz CT molecular complexity index is 1080. The third-order valence-electron chi connectivity index (χ3n) is 4.51. The Kier molecular flexibility index (Phi) is 3.49. The zero-order chi connectivity index (χ0) is 17.6. The predicted molar refractivity (Wildman–Crippen MR) is 93.1 cm³/mol. The Morgan fingerprint density at radius 1 is 0.760 bits per heavy atom. The van der Waals surface area contributed by atoms with Crippen LogP contribution in [-0.2, 0) is 13.2 Å². The first-order valence-corrected chi connectivity index (χ1v) is 7.92. The van der Waals surface area contributed by atoms with Gasteiger partial charge in [-0.05, 0) is 41.5 Å². The zero-order valence-corrected chi connectivity index (χ0v) is 13.5. The first-order valence-electron chi connectivity index (χ1n) is 7.92. The standard InChI is InChI=1S/C21H15F3N/c1-25-13-16-4-2-3-5-18(16)19-12-15(8-11-20(19)25)14-6-9-17(10-7-14)21(22,23)24/h2-13H,1H3/q+1. The van der Waals surface area contributed by atoms with Crippen LogP contribution in [0.3, 0.4) is 0 Å². The Labute approximate surface area is 143 Å². The van der Waals surface area contributed by atoms with Crippen LogP contribution in [0.15, 0.2) is 72.9 Å². The number of benzene rings is 3. The van der Waals surface area contributed by atoms with E-state index in [1.54, 1.807) is 0 Å². The average molecular weight is 338 g/mol. The second-order valence-corrected chi connectivity index (χ2v) is 6.13. The Morgan fingerprint density at radius 3 is 2.16 bits per heavy atom. The van der Waals surface area contributed by atoms with Gasteiger partial charge in [0.05, 0.1) is 10.9 Å². The fraction of sp³-hybridized carbons (Fsp3) is 0.0952. The van der Waals surface area contributed by atoms with Gasteiger partial charge in [-0.15, -0.1) is 0 Å². The van der Waals surface area contributed by atoms with E-state index in [0.717, 1.165) is 44.9 Å². The van der Waals surface area contributed by atoms with E-state index >= 15 is 0 Å². The molecule has 0 fully saturated rings. The molecule has 1 heterocycles. The summed E-state index contributed by atoms with van der Waals surface area (Å²) in [7, 11) is 1.99. The van der Waals surface area contributed by atoms with Crippen molar-refractivity contribution in [1.82, 2.24) is 0 Å². The molecule has 0 amide bonds. The molecule has 0 saturated carbocycles. The molecule has 25 heavy (non-hydrogen) atoms. The number of fused-ring (bicyclic) bond motifs is 3. The molecule has 3 aromatic carbocycles. The predicted octanol–water partition coefficient (Wildman–Crippen LogP) is 5.50. The molecule has 0 atom stereocenters. The van der Waals surface area contributed by atoms with Crippen molar-refractivity contribution >= 4 is 21.7 Å². The third-order valence-corrected chi connectivity index (χ3v) is 4.51. The highest BCUT2D eigenvalue weighted by molar-refractivity contribution is 6.05. The second-order valence-electron chi connectivity index (χ2n) is 6.13. The maximum absolute atomic E-state index is 12.7. The van der Waals surface area contributed by atoms with Gasteiger partial charge in [-0.1, -0.05) is 30.3 Å². The molecule has 0 radical (unpaired) electrons. The van der Waals surface area contributed by atoms with Crippen LogP contribution >= 0.6 is 0 Å². The van der Waals surface area contributed by atoms with Crippen LogP contribution in [0.2, 0.25) is 0 Å². The summed E-state index contributed by atoms with van der Waals surface area (Å²) in [5, 5.41) is 3.34. The molecule has 1 aromatic heterocycles. The minimum absolute atomic E-state index is 0.631. The molecular formula is C21H15F3N+. The monoisotopic (exact) mass is 338 g/mol. The van der Waals surface area contributed by atoms with Gasteiger partial charge in [0.1, 0.15) is 7.05 Å². The van der Waals surface area contributed by atoms with Crippen LogP contribution in [-0.4, -0.2) is 0 Å². The minimum Gasteiger partial charge on any atom is -0.200 e. The van der Waals surface area contributed by atoms with E-state index in [1.807, 2.05) is 37.4 Å². The maximum atomic E-state index is 12.7. The van der Waals surface area contributed by atoms with Crippen molar-refractivity contribution in [3.8, 4) is 11.1 Å². The number of hydrogen-bond acceptors (Lipinski definition) is 0. The molecule has 0 spiro atoms. The van der Waals surface area contributed by atoms with Crippen LogP contribution in [0.5, 0.6) is 0 Å². The Morgan fingerprint density at radius 2 is 1.44 bits per heavy atom. The molecule has 0 N–H and O–H groups in total. The first-order chi connectivity index (χ1) is 11.9. The van der Waals surface area contributed by atoms with Crippen LogP contribution in [0.4, 0.5) is 13.2 Å². The SMILES string of the molecule is C[n+]1cc2ccccc2c2cc(-c3ccc(C(F)(F)F)cc3)ccc21. The third kappa shape index (κ3) is 2.74. The maximum Gasteiger partial charge on any atom is 0.416 e. The lowest BCUT2D eigenvalue weighted by Crippen LogP contribution is -2.28. The number of nitrogens with zero attached hydrogens (tertiary/aromatic N) is 1. The van der Waals surface area contributed by atoms with Crippen molar-refractivity contribution in [2.24, 2.45) is 7.05 Å². The number of pyridine rings is 1. The van der Waals surface area contributed by atoms with E-state index < -0.39 is 11.7 Å². The molecule has 0 aliphatic carbocycles. The van der Waals surface area contributed by atoms with Gasteiger partial charge in [0.15, 0.2) is 6.20 Å². The molecular weight excluding hydrogens is 323 g/mol. The molecule has 4 heteroatoms. The molecule has 1 nitrogen and oxygen atoms in total. The van der Waals surface area contributed by atoms with Crippen molar-refractivity contribution in [2.45, 2.75) is 6.18 Å². The van der Waals surface area contributed by atoms with E-state index in [-0.39, 0.29) is 0 Å². The molecule has 0 aliphatic heterocycles. The fourth-order valence-corrected chi connectivity index (χ4v) is 3.22. The quantitative estimate of drug-likeness (QED) is 0.318. The van der Waals surface area contributed by atoms with Crippen molar-refractivity contribution in [1.29, 1.82) is 0 Å². The zero-order valence-electron chi connectivity index (χ0n) is 13.5. The topological polar surface area (TPSA) is 3.88 Å². The Hall–Kier alpha value is -2.88. The van der Waals surface area contributed by atoms with Gasteiger partial charge in [-0.2, -0.15) is 13.2 Å². The summed E-state index contributed by atoms with van der Waals surface area (Å²) in [5.74, 6) is 0. The van der Waals surface area contributed by atoms with Crippen LogP contribution in [0.1, 0.15) is 5.56 Å². The van der Waals surface area contributed by atoms with E-state index in [9.17, 15) is 13.2 Å². The highest BCUT2D eigenvalue weighted by Crippen LogP contribution is 2.32. The summed E-state index contributed by atoms with van der Waals surface area (Å²) in [5.41, 5.74) is 2.12. The Balaban J connectivity index is 1.90. The normalized spacial score (nSPS) is 12.0. The van der Waals surface area contributed by atoms with Gasteiger partial charge in [0.25, 0.3) is 0 Å². The van der Waals surface area contributed by atoms with Gasteiger partial charge < -0.3 is 0 Å². The number of alkyl halides is 3. The lowest BCUT2D eigenvalue weighted by Gasteiger charge is -2.09. The largest absolute Gasteiger partial charge is 0.416 e. The van der Waals surface area contributed by atoms with E-state index in [4.69, 9.17) is 0 Å². The lowest BCUT2D eigenvalue weighted by molar-refractivity contribution is -0.643. The summed E-state index contributed by atoms with van der Waals surface area (Å²) in [6.07, 6.45) is -2.23. The lowest BCUT2D eigenvalue weighted by atomic mass is 9.99. The van der Waals surface area contributed by atoms with Crippen LogP contribution < -0.4 is 4.57 Å². The fourth-order valence-electron chi connectivity index (χ4n) is 3.22. The van der Waals surface area contributed by atoms with Gasteiger partial charge in [-0.3, -0.25) is 0 Å². The summed E-state index contributed by atoms with van der Waals surface area (Å²) in [4.78, 5) is 0. The van der Waals surface area contributed by atoms with E-state index in [1.165, 1.54) is 12.1 Å². The smallest absolute Gasteiger partial charge is 0.200 e. The average Bonchev–Trinajstić information content (AvgIpc) is 2.61. The highest BCUT2D eigenvalue weighted by atomic mass is 19.4. The molecule has 0 bridgehead atoms. The van der Waals surface area contributed by atoms with E-state index in [2.05, 4.69) is 22.9 Å². The number of halogens is 3. The van der Waals surface area contributed by atoms with Gasteiger partial charge in [0, 0.05) is 16.8 Å². The van der Waals surface area contributed by atoms with Crippen molar-refractivity contribution < 1.29 is 17.7 Å². The van der Waals surface area contributed by atoms with Gasteiger partial charge in [0.2, 0.25) is 5.52 Å². The second kappa shape index (κ2) is 5.59. The molecule has 0 unspecified atom stereocenters. The molecule has 0 saturated heterocycles. The number of aryl methyl sites for hydroxylation is 1. The number of rotatable bonds is 1. The van der Waals surface area contributed by atoms with Crippen molar-refractivity contribution in [2.75, 3.05) is 0 Å². The van der Waals surface area contributed by atoms with Crippen LogP contribution in [0.25, 0.3) is 32.8 Å². The number of hydrogen-bond donors (Lipinski definition) is 0. The van der Waals surface area contributed by atoms with Crippen molar-refractivity contribution in [3.63, 3.8) is 0 Å². The molecule has 4 aromatic rings. The number of aromatic nitrogens is 1. The first kappa shape index (κ1) is 15.6. The molecule has 124 valence electrons.